The molecule has 1 aromatic rings. The van der Waals surface area contributed by atoms with Gasteiger partial charge in [-0.3, -0.25) is 4.79 Å². The molecule has 5 heteroatoms. The summed E-state index contributed by atoms with van der Waals surface area (Å²) >= 11 is 0. The summed E-state index contributed by atoms with van der Waals surface area (Å²) in [4.78, 5) is 23.7. The number of rotatable bonds is 4. The number of carboxylic acid groups (broad SMARTS) is 1. The predicted molar refractivity (Wildman–Crippen MR) is 65.1 cm³/mol. The van der Waals surface area contributed by atoms with Gasteiger partial charge in [0.05, 0.1) is 6.42 Å². The molecule has 0 fully saturated rings. The largest absolute Gasteiger partial charge is 0.481 e. The van der Waals surface area contributed by atoms with E-state index in [1.54, 1.807) is 31.3 Å². The van der Waals surface area contributed by atoms with E-state index in [-0.39, 0.29) is 12.5 Å². The maximum absolute atomic E-state index is 11.6. The van der Waals surface area contributed by atoms with Crippen LogP contribution < -0.4 is 5.32 Å². The molecule has 0 aliphatic heterocycles. The first-order valence-electron chi connectivity index (χ1n) is 5.35. The summed E-state index contributed by atoms with van der Waals surface area (Å²) in [5.74, 6) is -0.890. The summed E-state index contributed by atoms with van der Waals surface area (Å²) in [6, 6.07) is 6.62. The van der Waals surface area contributed by atoms with Crippen molar-refractivity contribution in [3.63, 3.8) is 0 Å². The molecule has 0 aliphatic carbocycles. The normalized spacial score (nSPS) is 9.76. The van der Waals surface area contributed by atoms with Crippen molar-refractivity contribution in [2.75, 3.05) is 18.9 Å². The van der Waals surface area contributed by atoms with Gasteiger partial charge in [-0.1, -0.05) is 12.1 Å². The van der Waals surface area contributed by atoms with Crippen LogP contribution in [-0.2, 0) is 11.2 Å². The van der Waals surface area contributed by atoms with Crippen LogP contribution in [0, 0.1) is 0 Å². The van der Waals surface area contributed by atoms with Gasteiger partial charge in [0.25, 0.3) is 0 Å². The number of carboxylic acids is 1. The molecule has 92 valence electrons. The Morgan fingerprint density at radius 3 is 2.71 bits per heavy atom. The lowest BCUT2D eigenvalue weighted by atomic mass is 10.1. The van der Waals surface area contributed by atoms with Gasteiger partial charge < -0.3 is 15.3 Å². The summed E-state index contributed by atoms with van der Waals surface area (Å²) in [5.41, 5.74) is 1.27. The molecule has 0 spiro atoms. The van der Waals surface area contributed by atoms with Crippen molar-refractivity contribution in [2.24, 2.45) is 0 Å². The molecule has 0 atom stereocenters. The Morgan fingerprint density at radius 1 is 1.41 bits per heavy atom. The van der Waals surface area contributed by atoms with E-state index in [0.29, 0.717) is 17.8 Å². The highest BCUT2D eigenvalue weighted by atomic mass is 16.4. The lowest BCUT2D eigenvalue weighted by Crippen LogP contribution is -2.30. The van der Waals surface area contributed by atoms with Gasteiger partial charge >= 0.3 is 12.0 Å². The third-order valence-electron chi connectivity index (χ3n) is 2.35. The third kappa shape index (κ3) is 4.14. The average Bonchev–Trinajstić information content (AvgIpc) is 2.27. The molecule has 0 aliphatic rings. The molecule has 1 aromatic carbocycles. The van der Waals surface area contributed by atoms with Gasteiger partial charge in [0.15, 0.2) is 0 Å². The molecule has 0 aromatic heterocycles. The third-order valence-corrected chi connectivity index (χ3v) is 2.35. The second kappa shape index (κ2) is 5.89. The van der Waals surface area contributed by atoms with Gasteiger partial charge in [-0.2, -0.15) is 0 Å². The Labute approximate surface area is 100 Å². The molecular formula is C12H16N2O3. The number of carbonyl (C=O) groups excluding carboxylic acids is 1. The maximum Gasteiger partial charge on any atom is 0.321 e. The van der Waals surface area contributed by atoms with Gasteiger partial charge in [0.2, 0.25) is 0 Å². The zero-order valence-corrected chi connectivity index (χ0v) is 9.93. The standard InChI is InChI=1S/C12H16N2O3/c1-3-14(2)12(17)13-10-6-4-5-9(7-10)8-11(15)16/h4-7H,3,8H2,1-2H3,(H,13,17)(H,15,16). The SMILES string of the molecule is CCN(C)C(=O)Nc1cccc(CC(=O)O)c1. The van der Waals surface area contributed by atoms with E-state index in [1.165, 1.54) is 4.90 Å². The number of hydrogen-bond acceptors (Lipinski definition) is 2. The van der Waals surface area contributed by atoms with E-state index < -0.39 is 5.97 Å². The van der Waals surface area contributed by atoms with Crippen LogP contribution in [0.15, 0.2) is 24.3 Å². The fraction of sp³-hybridized carbons (Fsp3) is 0.333. The van der Waals surface area contributed by atoms with Crippen molar-refractivity contribution >= 4 is 17.7 Å². The van der Waals surface area contributed by atoms with Crippen molar-refractivity contribution in [3.05, 3.63) is 29.8 Å². The molecule has 0 saturated heterocycles. The van der Waals surface area contributed by atoms with E-state index in [0.717, 1.165) is 0 Å². The number of nitrogens with one attached hydrogen (secondary N) is 1. The number of amides is 2. The first-order chi connectivity index (χ1) is 8.02. The number of urea groups is 1. The lowest BCUT2D eigenvalue weighted by Gasteiger charge is -2.15. The summed E-state index contributed by atoms with van der Waals surface area (Å²) < 4.78 is 0. The summed E-state index contributed by atoms with van der Waals surface area (Å²) in [6.07, 6.45) is -0.0483. The average molecular weight is 236 g/mol. The molecule has 17 heavy (non-hydrogen) atoms. The minimum atomic E-state index is -0.890. The van der Waals surface area contributed by atoms with Crippen LogP contribution in [0.2, 0.25) is 0 Å². The molecule has 0 saturated carbocycles. The van der Waals surface area contributed by atoms with E-state index in [9.17, 15) is 9.59 Å². The van der Waals surface area contributed by atoms with Gasteiger partial charge in [0.1, 0.15) is 0 Å². The fourth-order valence-electron chi connectivity index (χ4n) is 1.30. The van der Waals surface area contributed by atoms with Gasteiger partial charge in [-0.25, -0.2) is 4.79 Å². The Kier molecular flexibility index (Phi) is 4.51. The van der Waals surface area contributed by atoms with Gasteiger partial charge in [-0.15, -0.1) is 0 Å². The molecule has 2 N–H and O–H groups in total. The van der Waals surface area contributed by atoms with Crippen LogP contribution in [0.1, 0.15) is 12.5 Å². The number of aliphatic carboxylic acids is 1. The Balaban J connectivity index is 2.72. The van der Waals surface area contributed by atoms with Crippen molar-refractivity contribution in [3.8, 4) is 0 Å². The Bertz CT molecular complexity index is 418. The minimum absolute atomic E-state index is 0.0483. The summed E-state index contributed by atoms with van der Waals surface area (Å²) in [6.45, 7) is 2.49. The number of anilines is 1. The first kappa shape index (κ1) is 13.0. The predicted octanol–water partition coefficient (Wildman–Crippen LogP) is 1.80. The van der Waals surface area contributed by atoms with E-state index >= 15 is 0 Å². The zero-order valence-electron chi connectivity index (χ0n) is 9.93. The van der Waals surface area contributed by atoms with Crippen molar-refractivity contribution in [1.82, 2.24) is 4.90 Å². The van der Waals surface area contributed by atoms with Crippen LogP contribution >= 0.6 is 0 Å². The smallest absolute Gasteiger partial charge is 0.321 e. The molecule has 0 heterocycles. The monoisotopic (exact) mass is 236 g/mol. The highest BCUT2D eigenvalue weighted by molar-refractivity contribution is 5.89. The van der Waals surface area contributed by atoms with Gasteiger partial charge in [-0.05, 0) is 24.6 Å². The van der Waals surface area contributed by atoms with E-state index in [4.69, 9.17) is 5.11 Å². The number of nitrogens with zero attached hydrogens (tertiary/aromatic N) is 1. The number of benzene rings is 1. The van der Waals surface area contributed by atoms with E-state index in [2.05, 4.69) is 5.32 Å². The van der Waals surface area contributed by atoms with Crippen LogP contribution in [0.5, 0.6) is 0 Å². The number of hydrogen-bond donors (Lipinski definition) is 2. The zero-order chi connectivity index (χ0) is 12.8. The van der Waals surface area contributed by atoms with Crippen LogP contribution in [-0.4, -0.2) is 35.6 Å². The van der Waals surface area contributed by atoms with Crippen molar-refractivity contribution in [1.29, 1.82) is 0 Å². The summed E-state index contributed by atoms with van der Waals surface area (Å²) in [7, 11) is 1.69. The molecule has 1 rings (SSSR count). The quantitative estimate of drug-likeness (QED) is 0.837. The maximum atomic E-state index is 11.6. The van der Waals surface area contributed by atoms with Crippen LogP contribution in [0.4, 0.5) is 10.5 Å². The molecule has 2 amide bonds. The Hall–Kier alpha value is -2.04. The fourth-order valence-corrected chi connectivity index (χ4v) is 1.30. The van der Waals surface area contributed by atoms with Crippen molar-refractivity contribution in [2.45, 2.75) is 13.3 Å². The lowest BCUT2D eigenvalue weighted by molar-refractivity contribution is -0.136. The molecule has 0 radical (unpaired) electrons. The topological polar surface area (TPSA) is 69.6 Å². The Morgan fingerprint density at radius 2 is 2.12 bits per heavy atom. The molecule has 5 nitrogen and oxygen atoms in total. The first-order valence-corrected chi connectivity index (χ1v) is 5.35. The molecular weight excluding hydrogens is 220 g/mol. The molecule has 0 unspecified atom stereocenters. The highest BCUT2D eigenvalue weighted by Crippen LogP contribution is 2.11. The van der Waals surface area contributed by atoms with Crippen LogP contribution in [0.3, 0.4) is 0 Å². The van der Waals surface area contributed by atoms with Crippen molar-refractivity contribution < 1.29 is 14.7 Å². The highest BCUT2D eigenvalue weighted by Gasteiger charge is 2.07. The second-order valence-corrected chi connectivity index (χ2v) is 3.72. The van der Waals surface area contributed by atoms with E-state index in [1.807, 2.05) is 6.92 Å². The van der Waals surface area contributed by atoms with Crippen LogP contribution in [0.25, 0.3) is 0 Å². The second-order valence-electron chi connectivity index (χ2n) is 3.72. The van der Waals surface area contributed by atoms with Gasteiger partial charge in [0, 0.05) is 19.3 Å². The number of carbonyl (C=O) groups is 2. The minimum Gasteiger partial charge on any atom is -0.481 e. The molecule has 0 bridgehead atoms. The summed E-state index contributed by atoms with van der Waals surface area (Å²) in [5, 5.41) is 11.4.